The van der Waals surface area contributed by atoms with Crippen LogP contribution < -0.4 is 9.47 Å². The van der Waals surface area contributed by atoms with E-state index >= 15 is 0 Å². The molecular weight excluding hydrogens is 470 g/mol. The van der Waals surface area contributed by atoms with Gasteiger partial charge in [0.1, 0.15) is 12.4 Å². The molecule has 0 aliphatic rings. The third-order valence-corrected chi connectivity index (χ3v) is 5.33. The second-order valence-corrected chi connectivity index (χ2v) is 7.72. The molecule has 194 valence electrons. The number of methoxy groups -OCH3 is 2. The molecule has 0 radical (unpaired) electrons. The summed E-state index contributed by atoms with van der Waals surface area (Å²) in [6.07, 6.45) is 0. The van der Waals surface area contributed by atoms with Gasteiger partial charge in [-0.15, -0.1) is 0 Å². The van der Waals surface area contributed by atoms with Crippen LogP contribution in [-0.4, -0.2) is 67.1 Å². The summed E-state index contributed by atoms with van der Waals surface area (Å²) in [7, 11) is 3.23. The molecule has 8 heteroatoms. The van der Waals surface area contributed by atoms with Gasteiger partial charge in [-0.25, -0.2) is 4.39 Å². The van der Waals surface area contributed by atoms with Gasteiger partial charge in [-0.1, -0.05) is 36.4 Å². The fraction of sp³-hybridized carbons (Fsp3) is 0.357. The highest BCUT2D eigenvalue weighted by Crippen LogP contribution is 2.31. The van der Waals surface area contributed by atoms with Crippen LogP contribution >= 0.6 is 0 Å². The average Bonchev–Trinajstić information content (AvgIpc) is 2.92. The first-order chi connectivity index (χ1) is 17.6. The number of benzene rings is 3. The Morgan fingerprint density at radius 1 is 0.528 bits per heavy atom. The maximum absolute atomic E-state index is 14.8. The first kappa shape index (κ1) is 27.5. The Kier molecular flexibility index (Phi) is 11.6. The Morgan fingerprint density at radius 3 is 1.58 bits per heavy atom. The zero-order chi connectivity index (χ0) is 25.6. The molecule has 0 fully saturated rings. The zero-order valence-electron chi connectivity index (χ0n) is 20.6. The first-order valence-corrected chi connectivity index (χ1v) is 11.7. The minimum absolute atomic E-state index is 0.0897. The lowest BCUT2D eigenvalue weighted by Crippen LogP contribution is -2.14. The van der Waals surface area contributed by atoms with E-state index in [1.165, 1.54) is 12.1 Å². The van der Waals surface area contributed by atoms with Crippen LogP contribution in [0.25, 0.3) is 22.3 Å². The van der Waals surface area contributed by atoms with Crippen LogP contribution in [0.3, 0.4) is 0 Å². The van der Waals surface area contributed by atoms with Gasteiger partial charge in [0.25, 0.3) is 0 Å². The SMILES string of the molecule is COCCOCCOCCOCCOc1ccc(-c2ccc(-c3ccc(OC)cc3)cc2)c(F)c1F. The number of hydrogen-bond donors (Lipinski definition) is 0. The van der Waals surface area contributed by atoms with E-state index in [-0.39, 0.29) is 24.5 Å². The molecule has 0 saturated carbocycles. The van der Waals surface area contributed by atoms with E-state index in [0.717, 1.165) is 16.9 Å². The van der Waals surface area contributed by atoms with Crippen LogP contribution in [0, 0.1) is 11.6 Å². The molecule has 0 atom stereocenters. The third kappa shape index (κ3) is 8.27. The smallest absolute Gasteiger partial charge is 0.201 e. The van der Waals surface area contributed by atoms with Crippen LogP contribution in [0.2, 0.25) is 0 Å². The average molecular weight is 503 g/mol. The summed E-state index contributed by atoms with van der Waals surface area (Å²) < 4.78 is 60.8. The topological polar surface area (TPSA) is 55.4 Å². The van der Waals surface area contributed by atoms with Crippen LogP contribution in [0.4, 0.5) is 8.78 Å². The maximum atomic E-state index is 14.8. The van der Waals surface area contributed by atoms with Gasteiger partial charge < -0.3 is 28.4 Å². The monoisotopic (exact) mass is 502 g/mol. The summed E-state index contributed by atoms with van der Waals surface area (Å²) >= 11 is 0. The van der Waals surface area contributed by atoms with Crippen molar-refractivity contribution in [2.24, 2.45) is 0 Å². The molecule has 3 aromatic rings. The van der Waals surface area contributed by atoms with Crippen molar-refractivity contribution in [3.63, 3.8) is 0 Å². The van der Waals surface area contributed by atoms with Crippen molar-refractivity contribution in [1.29, 1.82) is 0 Å². The predicted octanol–water partition coefficient (Wildman–Crippen LogP) is 5.38. The van der Waals surface area contributed by atoms with Gasteiger partial charge in [0.05, 0.1) is 53.4 Å². The molecule has 3 rings (SSSR count). The fourth-order valence-corrected chi connectivity index (χ4v) is 3.39. The number of halogens is 2. The third-order valence-electron chi connectivity index (χ3n) is 5.33. The molecule has 36 heavy (non-hydrogen) atoms. The van der Waals surface area contributed by atoms with Crippen molar-refractivity contribution in [2.45, 2.75) is 0 Å². The Balaban J connectivity index is 1.43. The van der Waals surface area contributed by atoms with Crippen molar-refractivity contribution in [3.8, 4) is 33.8 Å². The summed E-state index contributed by atoms with van der Waals surface area (Å²) in [6, 6.07) is 17.8. The van der Waals surface area contributed by atoms with E-state index in [4.69, 9.17) is 28.4 Å². The highest BCUT2D eigenvalue weighted by molar-refractivity contribution is 5.71. The van der Waals surface area contributed by atoms with Crippen molar-refractivity contribution in [1.82, 2.24) is 0 Å². The Hall–Kier alpha value is -3.04. The highest BCUT2D eigenvalue weighted by Gasteiger charge is 2.16. The van der Waals surface area contributed by atoms with Gasteiger partial charge in [0.2, 0.25) is 5.82 Å². The molecule has 0 N–H and O–H groups in total. The maximum Gasteiger partial charge on any atom is 0.201 e. The number of rotatable bonds is 16. The normalized spacial score (nSPS) is 11.0. The molecule has 0 aliphatic carbocycles. The largest absolute Gasteiger partial charge is 0.497 e. The van der Waals surface area contributed by atoms with E-state index in [1.54, 1.807) is 26.4 Å². The second kappa shape index (κ2) is 15.2. The zero-order valence-corrected chi connectivity index (χ0v) is 20.6. The molecule has 3 aromatic carbocycles. The van der Waals surface area contributed by atoms with Gasteiger partial charge in [-0.2, -0.15) is 4.39 Å². The van der Waals surface area contributed by atoms with Crippen LogP contribution in [-0.2, 0) is 18.9 Å². The van der Waals surface area contributed by atoms with E-state index in [9.17, 15) is 8.78 Å². The second-order valence-electron chi connectivity index (χ2n) is 7.72. The number of hydrogen-bond acceptors (Lipinski definition) is 6. The standard InChI is InChI=1S/C28H32F2O6/c1-31-13-14-33-15-16-34-17-18-35-19-20-36-26-12-11-25(27(29)28(26)30)23-5-3-21(4-6-23)22-7-9-24(32-2)10-8-22/h3-12H,13-20H2,1-2H3. The van der Waals surface area contributed by atoms with E-state index in [2.05, 4.69) is 0 Å². The van der Waals surface area contributed by atoms with Crippen LogP contribution in [0.15, 0.2) is 60.7 Å². The highest BCUT2D eigenvalue weighted by atomic mass is 19.2. The lowest BCUT2D eigenvalue weighted by Gasteiger charge is -2.11. The molecule has 0 unspecified atom stereocenters. The molecule has 0 bridgehead atoms. The van der Waals surface area contributed by atoms with Gasteiger partial charge in [-0.3, -0.25) is 0 Å². The Labute approximate surface area is 210 Å². The van der Waals surface area contributed by atoms with Crippen molar-refractivity contribution >= 4 is 0 Å². The van der Waals surface area contributed by atoms with Gasteiger partial charge in [0, 0.05) is 12.7 Å². The van der Waals surface area contributed by atoms with E-state index in [0.29, 0.717) is 45.2 Å². The van der Waals surface area contributed by atoms with Crippen molar-refractivity contribution in [3.05, 3.63) is 72.3 Å². The van der Waals surface area contributed by atoms with Crippen LogP contribution in [0.1, 0.15) is 0 Å². The van der Waals surface area contributed by atoms with Gasteiger partial charge in [0.15, 0.2) is 11.6 Å². The summed E-state index contributed by atoms with van der Waals surface area (Å²) in [5.41, 5.74) is 2.70. The molecule has 0 aromatic heterocycles. The van der Waals surface area contributed by atoms with Crippen molar-refractivity contribution < 1.29 is 37.2 Å². The molecule has 6 nitrogen and oxygen atoms in total. The Bertz CT molecular complexity index is 1040. The van der Waals surface area contributed by atoms with E-state index in [1.807, 2.05) is 36.4 Å². The molecular formula is C28H32F2O6. The molecule has 0 heterocycles. The predicted molar refractivity (Wildman–Crippen MR) is 134 cm³/mol. The Morgan fingerprint density at radius 2 is 1.03 bits per heavy atom. The molecule has 0 aliphatic heterocycles. The molecule has 0 saturated heterocycles. The fourth-order valence-electron chi connectivity index (χ4n) is 3.39. The summed E-state index contributed by atoms with van der Waals surface area (Å²) in [4.78, 5) is 0. The lowest BCUT2D eigenvalue weighted by molar-refractivity contribution is 0.0000161. The first-order valence-electron chi connectivity index (χ1n) is 11.7. The minimum atomic E-state index is -1.02. The van der Waals surface area contributed by atoms with Gasteiger partial charge in [-0.05, 0) is 41.0 Å². The van der Waals surface area contributed by atoms with Gasteiger partial charge >= 0.3 is 0 Å². The van der Waals surface area contributed by atoms with E-state index < -0.39 is 11.6 Å². The summed E-state index contributed by atoms with van der Waals surface area (Å²) in [5, 5.41) is 0. The van der Waals surface area contributed by atoms with Crippen LogP contribution in [0.5, 0.6) is 11.5 Å². The summed E-state index contributed by atoms with van der Waals surface area (Å²) in [5.74, 6) is -1.36. The summed E-state index contributed by atoms with van der Waals surface area (Å²) in [6.45, 7) is 3.12. The molecule has 0 spiro atoms. The quantitative estimate of drug-likeness (QED) is 0.245. The minimum Gasteiger partial charge on any atom is -0.497 e. The molecule has 0 amide bonds. The lowest BCUT2D eigenvalue weighted by atomic mass is 9.99. The number of ether oxygens (including phenoxy) is 6. The van der Waals surface area contributed by atoms with Crippen molar-refractivity contribution in [2.75, 3.05) is 67.1 Å².